The Bertz CT molecular complexity index is 277. The minimum absolute atomic E-state index is 0.131. The molecule has 0 aliphatic carbocycles. The van der Waals surface area contributed by atoms with Gasteiger partial charge in [-0.1, -0.05) is 38.5 Å². The standard InChI is InChI=1S/C14H28F6N2Si/c15-13(16,17)9-5-1-3-7-11-23(21,22)12-8-4-2-6-10-14(18,19)20/h1-12,21-22H2. The van der Waals surface area contributed by atoms with Crippen LogP contribution in [0, 0.1) is 0 Å². The van der Waals surface area contributed by atoms with Gasteiger partial charge in [-0.15, -0.1) is 0 Å². The first-order valence-electron chi connectivity index (χ1n) is 8.13. The minimum Gasteiger partial charge on any atom is -0.339 e. The molecule has 140 valence electrons. The molecular formula is C14H28F6N2Si. The predicted molar refractivity (Wildman–Crippen MR) is 82.0 cm³/mol. The molecule has 0 rings (SSSR count). The molecule has 0 spiro atoms. The Labute approximate surface area is 135 Å². The highest BCUT2D eigenvalue weighted by molar-refractivity contribution is 6.73. The maximum atomic E-state index is 12.0. The van der Waals surface area contributed by atoms with E-state index in [1.807, 2.05) is 0 Å². The lowest BCUT2D eigenvalue weighted by Crippen LogP contribution is -2.55. The first-order chi connectivity index (χ1) is 10.4. The summed E-state index contributed by atoms with van der Waals surface area (Å²) in [5.74, 6) is 0. The van der Waals surface area contributed by atoms with Gasteiger partial charge >= 0.3 is 12.4 Å². The number of alkyl halides is 6. The Morgan fingerprint density at radius 2 is 0.826 bits per heavy atom. The molecule has 0 aromatic heterocycles. The number of rotatable bonds is 12. The van der Waals surface area contributed by atoms with Crippen LogP contribution in [0.15, 0.2) is 0 Å². The average Bonchev–Trinajstić information content (AvgIpc) is 2.35. The van der Waals surface area contributed by atoms with Crippen molar-refractivity contribution in [1.82, 2.24) is 0 Å². The van der Waals surface area contributed by atoms with E-state index in [9.17, 15) is 26.3 Å². The number of nitrogens with two attached hydrogens (primary N) is 2. The van der Waals surface area contributed by atoms with E-state index in [1.54, 1.807) is 0 Å². The van der Waals surface area contributed by atoms with Crippen LogP contribution in [0.3, 0.4) is 0 Å². The van der Waals surface area contributed by atoms with Crippen molar-refractivity contribution in [1.29, 1.82) is 0 Å². The highest BCUT2D eigenvalue weighted by Crippen LogP contribution is 2.24. The summed E-state index contributed by atoms with van der Waals surface area (Å²) in [6.07, 6.45) is -5.57. The molecule has 0 saturated heterocycles. The second kappa shape index (κ2) is 10.6. The van der Waals surface area contributed by atoms with E-state index in [4.69, 9.17) is 10.8 Å². The van der Waals surface area contributed by atoms with Crippen molar-refractivity contribution < 1.29 is 26.3 Å². The summed E-state index contributed by atoms with van der Waals surface area (Å²) in [4.78, 5) is 0. The summed E-state index contributed by atoms with van der Waals surface area (Å²) in [7, 11) is -2.34. The Balaban J connectivity index is 3.54. The quantitative estimate of drug-likeness (QED) is 0.277. The second-order valence-corrected chi connectivity index (χ2v) is 9.76. The van der Waals surface area contributed by atoms with Crippen LogP contribution in [0.4, 0.5) is 26.3 Å². The van der Waals surface area contributed by atoms with Gasteiger partial charge in [-0.3, -0.25) is 0 Å². The molecular weight excluding hydrogens is 338 g/mol. The third kappa shape index (κ3) is 17.9. The Kier molecular flexibility index (Phi) is 10.4. The van der Waals surface area contributed by atoms with Gasteiger partial charge in [0.2, 0.25) is 0 Å². The summed E-state index contributed by atoms with van der Waals surface area (Å²) in [5, 5.41) is 12.1. The third-order valence-corrected chi connectivity index (χ3v) is 6.27. The fourth-order valence-electron chi connectivity index (χ4n) is 2.39. The van der Waals surface area contributed by atoms with E-state index in [0.717, 1.165) is 12.8 Å². The van der Waals surface area contributed by atoms with Gasteiger partial charge in [0.25, 0.3) is 0 Å². The molecule has 0 amide bonds. The summed E-state index contributed by atoms with van der Waals surface area (Å²) in [6, 6.07) is 1.31. The van der Waals surface area contributed by atoms with E-state index in [0.29, 0.717) is 37.8 Å². The van der Waals surface area contributed by atoms with Crippen molar-refractivity contribution in [2.24, 2.45) is 10.8 Å². The van der Waals surface area contributed by atoms with Crippen LogP contribution in [0.25, 0.3) is 0 Å². The Morgan fingerprint density at radius 3 is 1.13 bits per heavy atom. The molecule has 0 fully saturated rings. The largest absolute Gasteiger partial charge is 0.389 e. The molecule has 0 aromatic carbocycles. The van der Waals surface area contributed by atoms with Crippen molar-refractivity contribution in [3.05, 3.63) is 0 Å². The van der Waals surface area contributed by atoms with Crippen molar-refractivity contribution >= 4 is 8.40 Å². The van der Waals surface area contributed by atoms with E-state index in [-0.39, 0.29) is 12.8 Å². The van der Waals surface area contributed by atoms with Crippen LogP contribution >= 0.6 is 0 Å². The third-order valence-electron chi connectivity index (χ3n) is 3.70. The minimum atomic E-state index is -4.09. The second-order valence-electron chi connectivity index (χ2n) is 6.29. The zero-order chi connectivity index (χ0) is 18.0. The highest BCUT2D eigenvalue weighted by atomic mass is 28.3. The van der Waals surface area contributed by atoms with Crippen LogP contribution in [-0.4, -0.2) is 20.7 Å². The van der Waals surface area contributed by atoms with Gasteiger partial charge in [-0.2, -0.15) is 26.3 Å². The van der Waals surface area contributed by atoms with E-state index in [1.165, 1.54) is 0 Å². The van der Waals surface area contributed by atoms with Gasteiger partial charge in [-0.05, 0) is 24.9 Å². The van der Waals surface area contributed by atoms with E-state index < -0.39 is 33.6 Å². The molecule has 0 aromatic rings. The first-order valence-corrected chi connectivity index (χ1v) is 10.7. The van der Waals surface area contributed by atoms with Gasteiger partial charge in [-0.25, -0.2) is 0 Å². The van der Waals surface area contributed by atoms with Crippen LogP contribution in [0.2, 0.25) is 12.1 Å². The van der Waals surface area contributed by atoms with Gasteiger partial charge in [0.15, 0.2) is 8.40 Å². The lowest BCUT2D eigenvalue weighted by Gasteiger charge is -2.21. The van der Waals surface area contributed by atoms with E-state index in [2.05, 4.69) is 0 Å². The molecule has 23 heavy (non-hydrogen) atoms. The maximum Gasteiger partial charge on any atom is 0.389 e. The monoisotopic (exact) mass is 366 g/mol. The summed E-state index contributed by atoms with van der Waals surface area (Å²) >= 11 is 0. The smallest absolute Gasteiger partial charge is 0.339 e. The fraction of sp³-hybridized carbons (Fsp3) is 1.00. The molecule has 0 aliphatic rings. The van der Waals surface area contributed by atoms with Gasteiger partial charge in [0.1, 0.15) is 0 Å². The lowest BCUT2D eigenvalue weighted by atomic mass is 10.1. The van der Waals surface area contributed by atoms with Crippen LogP contribution in [-0.2, 0) is 0 Å². The molecule has 4 N–H and O–H groups in total. The SMILES string of the molecule is N[Si](N)(CCCCCCC(F)(F)F)CCCCCCC(F)(F)F. The molecule has 0 radical (unpaired) electrons. The molecule has 0 atom stereocenters. The summed E-state index contributed by atoms with van der Waals surface area (Å²) in [6.45, 7) is 0. The zero-order valence-corrected chi connectivity index (χ0v) is 14.4. The van der Waals surface area contributed by atoms with Gasteiger partial charge in [0, 0.05) is 12.8 Å². The number of hydrogen-bond acceptors (Lipinski definition) is 2. The molecule has 0 bridgehead atoms. The van der Waals surface area contributed by atoms with Crippen molar-refractivity contribution in [2.75, 3.05) is 0 Å². The van der Waals surface area contributed by atoms with Crippen LogP contribution in [0.1, 0.15) is 64.2 Å². The van der Waals surface area contributed by atoms with Gasteiger partial charge < -0.3 is 10.8 Å². The van der Waals surface area contributed by atoms with Crippen molar-refractivity contribution in [3.63, 3.8) is 0 Å². The predicted octanol–water partition coefficient (Wildman–Crippen LogP) is 5.37. The molecule has 2 nitrogen and oxygen atoms in total. The first kappa shape index (κ1) is 22.7. The Morgan fingerprint density at radius 1 is 0.522 bits per heavy atom. The molecule has 0 saturated carbocycles. The molecule has 0 unspecified atom stereocenters. The van der Waals surface area contributed by atoms with Crippen LogP contribution < -0.4 is 10.8 Å². The zero-order valence-electron chi connectivity index (χ0n) is 13.4. The van der Waals surface area contributed by atoms with Crippen molar-refractivity contribution in [2.45, 2.75) is 88.6 Å². The molecule has 9 heteroatoms. The fourth-order valence-corrected chi connectivity index (χ4v) is 4.46. The molecule has 0 aliphatic heterocycles. The summed E-state index contributed by atoms with van der Waals surface area (Å²) in [5.41, 5.74) is 0. The Hall–Kier alpha value is -0.283. The number of hydrogen-bond donors (Lipinski definition) is 2. The normalized spacial score (nSPS) is 13.6. The highest BCUT2D eigenvalue weighted by Gasteiger charge is 2.27. The number of unbranched alkanes of at least 4 members (excludes halogenated alkanes) is 6. The maximum absolute atomic E-state index is 12.0. The van der Waals surface area contributed by atoms with Crippen LogP contribution in [0.5, 0.6) is 0 Å². The van der Waals surface area contributed by atoms with E-state index >= 15 is 0 Å². The molecule has 0 heterocycles. The van der Waals surface area contributed by atoms with Crippen molar-refractivity contribution in [3.8, 4) is 0 Å². The topological polar surface area (TPSA) is 52.0 Å². The average molecular weight is 366 g/mol. The lowest BCUT2D eigenvalue weighted by molar-refractivity contribution is -0.136. The summed E-state index contributed by atoms with van der Waals surface area (Å²) < 4.78 is 71.7. The number of halogens is 6. The van der Waals surface area contributed by atoms with Gasteiger partial charge in [0.05, 0.1) is 0 Å².